The fourth-order valence-electron chi connectivity index (χ4n) is 1.02. The summed E-state index contributed by atoms with van der Waals surface area (Å²) in [6, 6.07) is 0. The van der Waals surface area contributed by atoms with E-state index in [1.165, 1.54) is 11.3 Å². The molecular weight excluding hydrogens is 226 g/mol. The lowest BCUT2D eigenvalue weighted by Gasteiger charge is -2.02. The van der Waals surface area contributed by atoms with Gasteiger partial charge < -0.3 is 5.11 Å². The molecule has 1 unspecified atom stereocenters. The maximum atomic E-state index is 9.60. The van der Waals surface area contributed by atoms with E-state index in [9.17, 15) is 5.11 Å². The Bertz CT molecular complexity index is 259. The molecule has 1 heterocycles. The quantitative estimate of drug-likeness (QED) is 0.851. The molecule has 1 aromatic heterocycles. The van der Waals surface area contributed by atoms with Crippen LogP contribution in [0.25, 0.3) is 0 Å². The summed E-state index contributed by atoms with van der Waals surface area (Å²) in [6.45, 7) is 0. The minimum absolute atomic E-state index is 0.314. The minimum atomic E-state index is -0.314. The van der Waals surface area contributed by atoms with Gasteiger partial charge in [-0.1, -0.05) is 0 Å². The van der Waals surface area contributed by atoms with Gasteiger partial charge in [0, 0.05) is 5.38 Å². The number of aliphatic hydroxyl groups is 1. The number of aromatic nitrogens is 1. The lowest BCUT2D eigenvalue weighted by molar-refractivity contribution is 0.153. The summed E-state index contributed by atoms with van der Waals surface area (Å²) in [5.74, 6) is 0.480. The van der Waals surface area contributed by atoms with Crippen LogP contribution in [0.3, 0.4) is 0 Å². The lowest BCUT2D eigenvalue weighted by Crippen LogP contribution is -1.97. The molecule has 0 saturated heterocycles. The van der Waals surface area contributed by atoms with Gasteiger partial charge in [0.1, 0.15) is 15.7 Å². The zero-order valence-electron chi connectivity index (χ0n) is 5.83. The van der Waals surface area contributed by atoms with Crippen LogP contribution in [0.2, 0.25) is 0 Å². The van der Waals surface area contributed by atoms with Gasteiger partial charge in [-0.3, -0.25) is 0 Å². The first kappa shape index (κ1) is 7.71. The van der Waals surface area contributed by atoms with E-state index in [2.05, 4.69) is 20.9 Å². The van der Waals surface area contributed by atoms with Gasteiger partial charge in [-0.25, -0.2) is 4.98 Å². The van der Waals surface area contributed by atoms with Gasteiger partial charge in [0.15, 0.2) is 0 Å². The summed E-state index contributed by atoms with van der Waals surface area (Å²) in [4.78, 5) is 4.16. The monoisotopic (exact) mass is 233 g/mol. The zero-order chi connectivity index (χ0) is 7.84. The maximum absolute atomic E-state index is 9.60. The van der Waals surface area contributed by atoms with E-state index in [1.807, 2.05) is 5.38 Å². The van der Waals surface area contributed by atoms with E-state index in [0.717, 1.165) is 22.5 Å². The fourth-order valence-corrected chi connectivity index (χ4v) is 2.36. The highest BCUT2D eigenvalue weighted by Gasteiger charge is 2.32. The highest BCUT2D eigenvalue weighted by Crippen LogP contribution is 2.41. The molecule has 1 aliphatic carbocycles. The molecule has 0 aromatic carbocycles. The third kappa shape index (κ3) is 1.63. The number of thiazole rings is 1. The summed E-state index contributed by atoms with van der Waals surface area (Å²) >= 11 is 4.78. The van der Waals surface area contributed by atoms with Crippen LogP contribution < -0.4 is 0 Å². The summed E-state index contributed by atoms with van der Waals surface area (Å²) in [5, 5.41) is 12.4. The fraction of sp³-hybridized carbons (Fsp3) is 0.571. The van der Waals surface area contributed by atoms with Crippen LogP contribution in [0, 0.1) is 5.92 Å². The molecule has 1 fully saturated rings. The predicted molar refractivity (Wildman–Crippen MR) is 47.5 cm³/mol. The van der Waals surface area contributed by atoms with Gasteiger partial charge in [0.2, 0.25) is 0 Å². The summed E-state index contributed by atoms with van der Waals surface area (Å²) < 4.78 is 0.831. The zero-order valence-corrected chi connectivity index (χ0v) is 8.23. The van der Waals surface area contributed by atoms with Crippen molar-refractivity contribution >= 4 is 27.3 Å². The molecule has 1 aliphatic rings. The maximum Gasteiger partial charge on any atom is 0.123 e. The second-order valence-electron chi connectivity index (χ2n) is 2.79. The molecule has 1 N–H and O–H groups in total. The van der Waals surface area contributed by atoms with Crippen LogP contribution in [-0.4, -0.2) is 10.1 Å². The number of aliphatic hydroxyl groups excluding tert-OH is 1. The molecule has 0 radical (unpaired) electrons. The van der Waals surface area contributed by atoms with E-state index in [0.29, 0.717) is 5.92 Å². The van der Waals surface area contributed by atoms with Crippen molar-refractivity contribution in [2.45, 2.75) is 18.9 Å². The van der Waals surface area contributed by atoms with Crippen LogP contribution >= 0.6 is 27.3 Å². The predicted octanol–water partition coefficient (Wildman–Crippen LogP) is 2.35. The van der Waals surface area contributed by atoms with Gasteiger partial charge >= 0.3 is 0 Å². The van der Waals surface area contributed by atoms with Crippen LogP contribution in [0.1, 0.15) is 24.0 Å². The number of hydrogen-bond donors (Lipinski definition) is 1. The Balaban J connectivity index is 2.14. The van der Waals surface area contributed by atoms with Gasteiger partial charge in [0.05, 0.1) is 0 Å². The lowest BCUT2D eigenvalue weighted by atomic mass is 10.2. The molecule has 0 amide bonds. The molecule has 1 saturated carbocycles. The smallest absolute Gasteiger partial charge is 0.123 e. The van der Waals surface area contributed by atoms with Gasteiger partial charge in [-0.05, 0) is 34.7 Å². The number of nitrogens with zero attached hydrogens (tertiary/aromatic N) is 1. The number of hydrogen-bond acceptors (Lipinski definition) is 3. The Morgan fingerprint density at radius 2 is 2.45 bits per heavy atom. The normalized spacial score (nSPS) is 20.2. The minimum Gasteiger partial charge on any atom is -0.386 e. The van der Waals surface area contributed by atoms with Gasteiger partial charge in [-0.2, -0.15) is 0 Å². The van der Waals surface area contributed by atoms with E-state index >= 15 is 0 Å². The first-order valence-corrected chi connectivity index (χ1v) is 5.23. The van der Waals surface area contributed by atoms with Gasteiger partial charge in [-0.15, -0.1) is 11.3 Å². The van der Waals surface area contributed by atoms with Crippen molar-refractivity contribution in [3.8, 4) is 0 Å². The summed E-state index contributed by atoms with van der Waals surface area (Å²) in [7, 11) is 0. The van der Waals surface area contributed by atoms with Crippen molar-refractivity contribution < 1.29 is 5.11 Å². The van der Waals surface area contributed by atoms with E-state index in [-0.39, 0.29) is 6.10 Å². The van der Waals surface area contributed by atoms with Crippen molar-refractivity contribution in [2.75, 3.05) is 0 Å². The largest absolute Gasteiger partial charge is 0.386 e. The standard InChI is InChI=1S/C7H8BrNOS/c8-5-3-11-7(9-5)6(10)4-1-2-4/h3-4,6,10H,1-2H2. The molecule has 0 spiro atoms. The number of halogens is 1. The van der Waals surface area contributed by atoms with Crippen molar-refractivity contribution in [3.05, 3.63) is 15.0 Å². The topological polar surface area (TPSA) is 33.1 Å². The molecule has 1 aromatic rings. The Morgan fingerprint density at radius 3 is 2.91 bits per heavy atom. The first-order chi connectivity index (χ1) is 5.27. The highest BCUT2D eigenvalue weighted by molar-refractivity contribution is 9.10. The second-order valence-corrected chi connectivity index (χ2v) is 4.49. The third-order valence-electron chi connectivity index (χ3n) is 1.82. The average Bonchev–Trinajstić information content (AvgIpc) is 2.74. The number of rotatable bonds is 2. The van der Waals surface area contributed by atoms with Crippen molar-refractivity contribution in [1.29, 1.82) is 0 Å². The van der Waals surface area contributed by atoms with E-state index < -0.39 is 0 Å². The molecule has 11 heavy (non-hydrogen) atoms. The van der Waals surface area contributed by atoms with Crippen molar-refractivity contribution in [3.63, 3.8) is 0 Å². The Labute approximate surface area is 77.4 Å². The average molecular weight is 234 g/mol. The van der Waals surface area contributed by atoms with Crippen molar-refractivity contribution in [2.24, 2.45) is 5.92 Å². The van der Waals surface area contributed by atoms with Crippen molar-refractivity contribution in [1.82, 2.24) is 4.98 Å². The molecule has 1 atom stereocenters. The molecule has 0 aliphatic heterocycles. The summed E-state index contributed by atoms with van der Waals surface area (Å²) in [5.41, 5.74) is 0. The summed E-state index contributed by atoms with van der Waals surface area (Å²) in [6.07, 6.45) is 1.99. The van der Waals surface area contributed by atoms with Crippen LogP contribution in [0.5, 0.6) is 0 Å². The molecule has 2 nitrogen and oxygen atoms in total. The molecular formula is C7H8BrNOS. The Kier molecular flexibility index (Phi) is 1.99. The van der Waals surface area contributed by atoms with Crippen LogP contribution in [0.4, 0.5) is 0 Å². The molecule has 4 heteroatoms. The van der Waals surface area contributed by atoms with E-state index in [4.69, 9.17) is 0 Å². The second kappa shape index (κ2) is 2.84. The molecule has 0 bridgehead atoms. The van der Waals surface area contributed by atoms with Crippen LogP contribution in [0.15, 0.2) is 9.98 Å². The van der Waals surface area contributed by atoms with E-state index in [1.54, 1.807) is 0 Å². The third-order valence-corrected chi connectivity index (χ3v) is 3.44. The Morgan fingerprint density at radius 1 is 1.73 bits per heavy atom. The molecule has 60 valence electrons. The van der Waals surface area contributed by atoms with Crippen LogP contribution in [-0.2, 0) is 0 Å². The highest BCUT2D eigenvalue weighted by atomic mass is 79.9. The molecule has 2 rings (SSSR count). The first-order valence-electron chi connectivity index (χ1n) is 3.56. The van der Waals surface area contributed by atoms with Gasteiger partial charge in [0.25, 0.3) is 0 Å². The Hall–Kier alpha value is 0.0700. The SMILES string of the molecule is OC(c1nc(Br)cs1)C1CC1.